The number of nitrogens with zero attached hydrogens (tertiary/aromatic N) is 6. The van der Waals surface area contributed by atoms with Gasteiger partial charge in [0.2, 0.25) is 16.7 Å². The number of hydroxylamine groups is 2. The lowest BCUT2D eigenvalue weighted by Crippen LogP contribution is -2.50. The van der Waals surface area contributed by atoms with Gasteiger partial charge in [-0.2, -0.15) is 5.10 Å². The topological polar surface area (TPSA) is 163 Å². The lowest BCUT2D eigenvalue weighted by molar-refractivity contribution is -0.384. The van der Waals surface area contributed by atoms with Gasteiger partial charge in [0.15, 0.2) is 0 Å². The van der Waals surface area contributed by atoms with Crippen LogP contribution >= 0.6 is 11.8 Å². The van der Waals surface area contributed by atoms with Crippen LogP contribution in [0.3, 0.4) is 0 Å². The molecule has 4 aromatic rings. The first-order valence-electron chi connectivity index (χ1n) is 16.3. The minimum atomic E-state index is -1.40. The molecule has 4 heterocycles. The van der Waals surface area contributed by atoms with Gasteiger partial charge in [0, 0.05) is 36.7 Å². The molecule has 0 bridgehead atoms. The number of nitro benzene ring substituents is 1. The lowest BCUT2D eigenvalue weighted by Gasteiger charge is -2.33. The van der Waals surface area contributed by atoms with Crippen LogP contribution in [0, 0.1) is 10.1 Å². The Bertz CT molecular complexity index is 2210. The van der Waals surface area contributed by atoms with Crippen LogP contribution in [0.25, 0.3) is 0 Å². The number of benzene rings is 4. The Morgan fingerprint density at radius 1 is 0.923 bits per heavy atom. The number of hydrogen-bond donors (Lipinski definition) is 0. The predicted octanol–water partition coefficient (Wildman–Crippen LogP) is 4.80. The molecule has 0 aliphatic carbocycles. The van der Waals surface area contributed by atoms with Crippen molar-refractivity contribution in [3.63, 3.8) is 0 Å². The monoisotopic (exact) mass is 716 g/mol. The molecule has 0 saturated carbocycles. The van der Waals surface area contributed by atoms with Gasteiger partial charge in [-0.15, -0.1) is 16.8 Å². The van der Waals surface area contributed by atoms with E-state index < -0.39 is 27.7 Å². The van der Waals surface area contributed by atoms with E-state index in [4.69, 9.17) is 4.84 Å². The van der Waals surface area contributed by atoms with Crippen LogP contribution in [-0.4, -0.2) is 69.1 Å². The molecule has 2 atom stereocenters. The van der Waals surface area contributed by atoms with Gasteiger partial charge in [-0.05, 0) is 41.5 Å². The molecule has 1 spiro atoms. The zero-order valence-electron chi connectivity index (χ0n) is 27.5. The summed E-state index contributed by atoms with van der Waals surface area (Å²) in [6.07, 6.45) is 0.364. The van der Waals surface area contributed by atoms with Gasteiger partial charge >= 0.3 is 0 Å². The highest BCUT2D eigenvalue weighted by atomic mass is 32.2. The van der Waals surface area contributed by atoms with Crippen LogP contribution in [-0.2, 0) is 24.1 Å². The lowest BCUT2D eigenvalue weighted by atomic mass is 9.97. The Morgan fingerprint density at radius 3 is 2.23 bits per heavy atom. The predicted molar refractivity (Wildman–Crippen MR) is 189 cm³/mol. The first-order valence-corrected chi connectivity index (χ1v) is 17.3. The highest BCUT2D eigenvalue weighted by molar-refractivity contribution is 8.02. The van der Waals surface area contributed by atoms with E-state index in [-0.39, 0.29) is 53.4 Å². The largest absolute Gasteiger partial charge is 0.306 e. The number of carbonyl (C=O) groups excluding carboxylic acids is 5. The number of fused-ring (bicyclic) bond motifs is 3. The fraction of sp³-hybridized carbons (Fsp3) is 0.189. The van der Waals surface area contributed by atoms with Crippen LogP contribution in [0.2, 0.25) is 0 Å². The molecule has 0 aromatic heterocycles. The smallest absolute Gasteiger partial charge is 0.285 e. The average molecular weight is 717 g/mol. The minimum Gasteiger partial charge on any atom is -0.306 e. The quantitative estimate of drug-likeness (QED) is 0.142. The number of hydrogen-bond acceptors (Lipinski definition) is 10. The van der Waals surface area contributed by atoms with Crippen LogP contribution in [0.1, 0.15) is 56.8 Å². The van der Waals surface area contributed by atoms with Gasteiger partial charge in [-0.3, -0.25) is 43.8 Å². The van der Waals surface area contributed by atoms with Gasteiger partial charge in [0.1, 0.15) is 0 Å². The van der Waals surface area contributed by atoms with Crippen molar-refractivity contribution >= 4 is 64.1 Å². The molecule has 260 valence electrons. The SMILES string of the molecule is CC(=O)N1N=C(c2ccc(N3C(=O)CSC34C(=O)N(CCON3C(=O)c5ccccc5C3=O)c3ccccc34)cc2)CC1c1ccc([N+](=O)[O-])cc1. The Morgan fingerprint density at radius 2 is 1.58 bits per heavy atom. The molecule has 14 nitrogen and oxygen atoms in total. The number of amides is 5. The fourth-order valence-corrected chi connectivity index (χ4v) is 8.50. The summed E-state index contributed by atoms with van der Waals surface area (Å²) in [7, 11) is 0. The summed E-state index contributed by atoms with van der Waals surface area (Å²) in [5, 5.41) is 17.8. The molecule has 5 amide bonds. The Hall–Kier alpha value is -6.19. The van der Waals surface area contributed by atoms with Crippen molar-refractivity contribution in [2.24, 2.45) is 5.10 Å². The van der Waals surface area contributed by atoms with Crippen molar-refractivity contribution in [1.82, 2.24) is 10.1 Å². The van der Waals surface area contributed by atoms with Crippen molar-refractivity contribution < 1.29 is 33.7 Å². The summed E-state index contributed by atoms with van der Waals surface area (Å²) >= 11 is 1.22. The second-order valence-electron chi connectivity index (χ2n) is 12.4. The summed E-state index contributed by atoms with van der Waals surface area (Å²) in [5.74, 6) is -1.99. The molecule has 2 unspecified atom stereocenters. The van der Waals surface area contributed by atoms with Crippen molar-refractivity contribution in [2.75, 3.05) is 28.7 Å². The normalized spacial score (nSPS) is 20.6. The molecule has 8 rings (SSSR count). The van der Waals surface area contributed by atoms with Gasteiger partial charge in [0.05, 0.1) is 52.4 Å². The second kappa shape index (κ2) is 12.5. The molecular weight excluding hydrogens is 689 g/mol. The molecule has 15 heteroatoms. The van der Waals surface area contributed by atoms with Crippen LogP contribution in [0.5, 0.6) is 0 Å². The van der Waals surface area contributed by atoms with E-state index in [0.29, 0.717) is 45.3 Å². The maximum Gasteiger partial charge on any atom is 0.285 e. The molecule has 0 N–H and O–H groups in total. The van der Waals surface area contributed by atoms with E-state index in [1.54, 1.807) is 78.9 Å². The third-order valence-electron chi connectivity index (χ3n) is 9.54. The maximum absolute atomic E-state index is 14.5. The van der Waals surface area contributed by atoms with E-state index in [2.05, 4.69) is 5.10 Å². The number of para-hydroxylation sites is 1. The molecule has 0 radical (unpaired) electrons. The van der Waals surface area contributed by atoms with Gasteiger partial charge in [-0.1, -0.05) is 54.6 Å². The van der Waals surface area contributed by atoms with E-state index in [0.717, 1.165) is 0 Å². The van der Waals surface area contributed by atoms with E-state index in [9.17, 15) is 34.1 Å². The summed E-state index contributed by atoms with van der Waals surface area (Å²) in [4.78, 5) is 84.2. The summed E-state index contributed by atoms with van der Waals surface area (Å²) in [6.45, 7) is 1.25. The highest BCUT2D eigenvalue weighted by Gasteiger charge is 2.61. The molecule has 1 fully saturated rings. The van der Waals surface area contributed by atoms with E-state index in [1.165, 1.54) is 45.6 Å². The molecule has 4 aliphatic rings. The van der Waals surface area contributed by atoms with E-state index >= 15 is 0 Å². The number of imide groups is 1. The summed E-state index contributed by atoms with van der Waals surface area (Å²) in [6, 6.07) is 26.3. The molecule has 4 aliphatic heterocycles. The standard InChI is InChI=1S/C37H28N6O8S/c1-22(44)41-32(24-12-16-26(17-13-24)43(49)50)20-30(38-41)23-10-14-25(15-11-23)40-33(45)21-52-37(40)29-8-4-5-9-31(29)39(36(37)48)18-19-51-42-34(46)27-6-2-3-7-28(27)35(42)47/h2-17,32H,18-21H2,1H3. The van der Waals surface area contributed by atoms with Crippen LogP contribution < -0.4 is 9.80 Å². The first kappa shape index (κ1) is 33.0. The number of anilines is 2. The van der Waals surface area contributed by atoms with Crippen molar-refractivity contribution in [2.45, 2.75) is 24.3 Å². The maximum atomic E-state index is 14.5. The van der Waals surface area contributed by atoms with Gasteiger partial charge < -0.3 is 4.90 Å². The second-order valence-corrected chi connectivity index (χ2v) is 13.6. The number of thioether (sulfide) groups is 1. The van der Waals surface area contributed by atoms with Gasteiger partial charge in [-0.25, -0.2) is 5.01 Å². The third kappa shape index (κ3) is 5.07. The van der Waals surface area contributed by atoms with Crippen molar-refractivity contribution in [1.29, 1.82) is 0 Å². The fourth-order valence-electron chi connectivity index (χ4n) is 7.14. The summed E-state index contributed by atoms with van der Waals surface area (Å²) in [5.41, 5.74) is 4.17. The zero-order chi connectivity index (χ0) is 36.3. The first-order chi connectivity index (χ1) is 25.1. The number of carbonyl (C=O) groups is 5. The number of hydrazone groups is 1. The minimum absolute atomic E-state index is 0.00886. The number of nitro groups is 1. The Kier molecular flexibility index (Phi) is 7.95. The molecule has 4 aromatic carbocycles. The van der Waals surface area contributed by atoms with Crippen molar-refractivity contribution in [3.8, 4) is 0 Å². The molecule has 52 heavy (non-hydrogen) atoms. The number of non-ortho nitro benzene ring substituents is 1. The Labute approximate surface area is 300 Å². The van der Waals surface area contributed by atoms with Gasteiger partial charge in [0.25, 0.3) is 23.4 Å². The molecule has 1 saturated heterocycles. The summed E-state index contributed by atoms with van der Waals surface area (Å²) < 4.78 is 0. The van der Waals surface area contributed by atoms with Crippen molar-refractivity contribution in [3.05, 3.63) is 135 Å². The van der Waals surface area contributed by atoms with Crippen LogP contribution in [0.4, 0.5) is 17.1 Å². The average Bonchev–Trinajstić information content (AvgIpc) is 3.88. The highest BCUT2D eigenvalue weighted by Crippen LogP contribution is 2.55. The molecular formula is C37H28N6O8S. The van der Waals surface area contributed by atoms with Crippen LogP contribution in [0.15, 0.2) is 102 Å². The zero-order valence-corrected chi connectivity index (χ0v) is 28.3. The van der Waals surface area contributed by atoms with E-state index in [1.807, 2.05) is 6.07 Å². The Balaban J connectivity index is 1.03. The third-order valence-corrected chi connectivity index (χ3v) is 10.9. The number of rotatable bonds is 8.